The van der Waals surface area contributed by atoms with E-state index in [0.29, 0.717) is 0 Å². The maximum atomic E-state index is 10.9. The number of ether oxygens (including phenoxy) is 1. The minimum atomic E-state index is -0.340. The highest BCUT2D eigenvalue weighted by Gasteiger charge is 2.07. The molecule has 15 heavy (non-hydrogen) atoms. The number of carbonyl (C=O) groups excluding carboxylic acids is 1. The Morgan fingerprint density at radius 2 is 2.00 bits per heavy atom. The first-order chi connectivity index (χ1) is 7.04. The van der Waals surface area contributed by atoms with Crippen LogP contribution in [0.15, 0.2) is 12.1 Å². The lowest BCUT2D eigenvalue weighted by molar-refractivity contribution is -0.123. The fourth-order valence-corrected chi connectivity index (χ4v) is 2.24. The van der Waals surface area contributed by atoms with Crippen molar-refractivity contribution in [3.63, 3.8) is 0 Å². The Kier molecular flexibility index (Phi) is 4.34. The minimum Gasteiger partial charge on any atom is -0.483 e. The molecule has 0 spiro atoms. The average Bonchev–Trinajstić information content (AvgIpc) is 2.15. The highest BCUT2D eigenvalue weighted by molar-refractivity contribution is 14.1. The number of rotatable bonds is 3. The van der Waals surface area contributed by atoms with Crippen LogP contribution in [0.25, 0.3) is 0 Å². The van der Waals surface area contributed by atoms with Crippen LogP contribution in [0.1, 0.15) is 11.1 Å². The van der Waals surface area contributed by atoms with Gasteiger partial charge in [0.15, 0.2) is 6.61 Å². The van der Waals surface area contributed by atoms with Gasteiger partial charge in [-0.2, -0.15) is 0 Å². The van der Waals surface area contributed by atoms with E-state index >= 15 is 0 Å². The maximum absolute atomic E-state index is 10.9. The summed E-state index contributed by atoms with van der Waals surface area (Å²) in [6, 6.07) is 4.01. The van der Waals surface area contributed by atoms with Crippen LogP contribution < -0.4 is 16.0 Å². The van der Waals surface area contributed by atoms with E-state index in [1.54, 1.807) is 0 Å². The van der Waals surface area contributed by atoms with Gasteiger partial charge in [0, 0.05) is 3.57 Å². The number of nitrogens with one attached hydrogen (secondary N) is 1. The van der Waals surface area contributed by atoms with Gasteiger partial charge in [0.1, 0.15) is 5.75 Å². The lowest BCUT2D eigenvalue weighted by atomic mass is 10.1. The largest absolute Gasteiger partial charge is 0.483 e. The summed E-state index contributed by atoms with van der Waals surface area (Å²) in [6.45, 7) is 3.84. The summed E-state index contributed by atoms with van der Waals surface area (Å²) in [7, 11) is 0. The molecule has 0 fully saturated rings. The van der Waals surface area contributed by atoms with E-state index < -0.39 is 0 Å². The second-order valence-electron chi connectivity index (χ2n) is 3.22. The minimum absolute atomic E-state index is 0.0568. The molecule has 0 aliphatic heterocycles. The van der Waals surface area contributed by atoms with Crippen LogP contribution in [0.4, 0.5) is 0 Å². The molecule has 0 radical (unpaired) electrons. The number of hydrogen-bond acceptors (Lipinski definition) is 3. The van der Waals surface area contributed by atoms with Gasteiger partial charge in [-0.3, -0.25) is 10.2 Å². The van der Waals surface area contributed by atoms with Crippen LogP contribution in [0, 0.1) is 17.4 Å². The first kappa shape index (κ1) is 12.3. The van der Waals surface area contributed by atoms with Gasteiger partial charge in [-0.05, 0) is 59.7 Å². The number of hydrogen-bond donors (Lipinski definition) is 2. The predicted octanol–water partition coefficient (Wildman–Crippen LogP) is 1.28. The molecule has 0 unspecified atom stereocenters. The standard InChI is InChI=1S/C10H13IN2O2/c1-6-3-8(11)4-7(2)10(6)15-5-9(14)13-12/h3-4H,5,12H2,1-2H3,(H,13,14). The highest BCUT2D eigenvalue weighted by Crippen LogP contribution is 2.25. The second kappa shape index (κ2) is 5.32. The number of nitrogens with two attached hydrogens (primary N) is 1. The van der Waals surface area contributed by atoms with Gasteiger partial charge in [-0.1, -0.05) is 0 Å². The fourth-order valence-electron chi connectivity index (χ4n) is 1.30. The highest BCUT2D eigenvalue weighted by atomic mass is 127. The summed E-state index contributed by atoms with van der Waals surface area (Å²) in [5.74, 6) is 5.36. The molecule has 0 saturated heterocycles. The Hall–Kier alpha value is -0.820. The van der Waals surface area contributed by atoms with Gasteiger partial charge in [-0.15, -0.1) is 0 Å². The summed E-state index contributed by atoms with van der Waals surface area (Å²) >= 11 is 2.24. The van der Waals surface area contributed by atoms with Gasteiger partial charge in [-0.25, -0.2) is 5.84 Å². The first-order valence-electron chi connectivity index (χ1n) is 4.43. The summed E-state index contributed by atoms with van der Waals surface area (Å²) in [5, 5.41) is 0. The SMILES string of the molecule is Cc1cc(I)cc(C)c1OCC(=O)NN. The van der Waals surface area contributed by atoms with Crippen LogP contribution in [0.5, 0.6) is 5.75 Å². The van der Waals surface area contributed by atoms with E-state index in [1.807, 2.05) is 31.4 Å². The van der Waals surface area contributed by atoms with Crippen LogP contribution in [-0.4, -0.2) is 12.5 Å². The third-order valence-corrected chi connectivity index (χ3v) is 2.56. The van der Waals surface area contributed by atoms with Crippen molar-refractivity contribution in [3.05, 3.63) is 26.8 Å². The maximum Gasteiger partial charge on any atom is 0.271 e. The van der Waals surface area contributed by atoms with Crippen molar-refractivity contribution < 1.29 is 9.53 Å². The van der Waals surface area contributed by atoms with Gasteiger partial charge in [0.2, 0.25) is 0 Å². The quantitative estimate of drug-likeness (QED) is 0.382. The number of halogens is 1. The van der Waals surface area contributed by atoms with Crippen LogP contribution in [-0.2, 0) is 4.79 Å². The Balaban J connectivity index is 2.81. The van der Waals surface area contributed by atoms with Crippen molar-refractivity contribution in [2.45, 2.75) is 13.8 Å². The molecule has 82 valence electrons. The van der Waals surface area contributed by atoms with Gasteiger partial charge in [0.05, 0.1) is 0 Å². The second-order valence-corrected chi connectivity index (χ2v) is 4.47. The Morgan fingerprint density at radius 3 is 2.47 bits per heavy atom. The van der Waals surface area contributed by atoms with Crippen LogP contribution in [0.2, 0.25) is 0 Å². The number of hydrazine groups is 1. The molecule has 1 rings (SSSR count). The van der Waals surface area contributed by atoms with E-state index in [-0.39, 0.29) is 12.5 Å². The van der Waals surface area contributed by atoms with Crippen molar-refractivity contribution in [2.75, 3.05) is 6.61 Å². The van der Waals surface area contributed by atoms with E-state index in [0.717, 1.165) is 20.4 Å². The van der Waals surface area contributed by atoms with E-state index in [1.165, 1.54) is 0 Å². The molecule has 0 aliphatic rings. The molecule has 0 aliphatic carbocycles. The van der Waals surface area contributed by atoms with Crippen molar-refractivity contribution >= 4 is 28.5 Å². The Morgan fingerprint density at radius 1 is 1.47 bits per heavy atom. The summed E-state index contributed by atoms with van der Waals surface area (Å²) in [6.07, 6.45) is 0. The average molecular weight is 320 g/mol. The molecule has 5 heteroatoms. The molecule has 4 nitrogen and oxygen atoms in total. The number of aryl methyl sites for hydroxylation is 2. The van der Waals surface area contributed by atoms with Crippen molar-refractivity contribution in [2.24, 2.45) is 5.84 Å². The summed E-state index contributed by atoms with van der Waals surface area (Å²) in [4.78, 5) is 10.9. The zero-order valence-electron chi connectivity index (χ0n) is 8.63. The number of amides is 1. The molecular formula is C10H13IN2O2. The Bertz CT molecular complexity index is 357. The van der Waals surface area contributed by atoms with Gasteiger partial charge in [0.25, 0.3) is 5.91 Å². The van der Waals surface area contributed by atoms with Crippen molar-refractivity contribution in [1.29, 1.82) is 0 Å². The lowest BCUT2D eigenvalue weighted by Gasteiger charge is -2.11. The zero-order valence-corrected chi connectivity index (χ0v) is 10.8. The molecule has 1 aromatic rings. The Labute approximate surface area is 102 Å². The number of carbonyl (C=O) groups is 1. The van der Waals surface area contributed by atoms with E-state index in [4.69, 9.17) is 10.6 Å². The monoisotopic (exact) mass is 320 g/mol. The molecule has 0 heterocycles. The third-order valence-electron chi connectivity index (χ3n) is 1.93. The third kappa shape index (κ3) is 3.35. The van der Waals surface area contributed by atoms with Gasteiger partial charge < -0.3 is 4.74 Å². The number of benzene rings is 1. The van der Waals surface area contributed by atoms with Crippen molar-refractivity contribution in [3.8, 4) is 5.75 Å². The van der Waals surface area contributed by atoms with E-state index in [2.05, 4.69) is 22.6 Å². The molecule has 0 atom stereocenters. The fraction of sp³-hybridized carbons (Fsp3) is 0.300. The zero-order chi connectivity index (χ0) is 11.4. The molecule has 0 bridgehead atoms. The lowest BCUT2D eigenvalue weighted by Crippen LogP contribution is -2.34. The van der Waals surface area contributed by atoms with Crippen molar-refractivity contribution in [1.82, 2.24) is 5.43 Å². The smallest absolute Gasteiger partial charge is 0.271 e. The van der Waals surface area contributed by atoms with Crippen LogP contribution in [0.3, 0.4) is 0 Å². The predicted molar refractivity (Wildman–Crippen MR) is 66.5 cm³/mol. The molecule has 1 aromatic carbocycles. The normalized spacial score (nSPS) is 9.87. The topological polar surface area (TPSA) is 64.3 Å². The molecular weight excluding hydrogens is 307 g/mol. The summed E-state index contributed by atoms with van der Waals surface area (Å²) in [5.41, 5.74) is 4.06. The van der Waals surface area contributed by atoms with Crippen LogP contribution >= 0.6 is 22.6 Å². The molecule has 1 amide bonds. The molecule has 0 saturated carbocycles. The van der Waals surface area contributed by atoms with E-state index in [9.17, 15) is 4.79 Å². The first-order valence-corrected chi connectivity index (χ1v) is 5.51. The molecule has 0 aromatic heterocycles. The summed E-state index contributed by atoms with van der Waals surface area (Å²) < 4.78 is 6.53. The molecule has 3 N–H and O–H groups in total. The van der Waals surface area contributed by atoms with Gasteiger partial charge >= 0.3 is 0 Å².